The summed E-state index contributed by atoms with van der Waals surface area (Å²) < 4.78 is 27.4. The predicted octanol–water partition coefficient (Wildman–Crippen LogP) is 2.74. The minimum Gasteiger partial charge on any atom is -0.340 e. The predicted molar refractivity (Wildman–Crippen MR) is 121 cm³/mol. The van der Waals surface area contributed by atoms with Crippen molar-refractivity contribution < 1.29 is 13.2 Å². The molecule has 4 rings (SSSR count). The molecule has 166 valence electrons. The largest absolute Gasteiger partial charge is 0.340 e. The van der Waals surface area contributed by atoms with Crippen LogP contribution in [0.2, 0.25) is 0 Å². The van der Waals surface area contributed by atoms with Crippen LogP contribution in [-0.4, -0.2) is 67.7 Å². The number of carbonyl (C=O) groups excluding carboxylic acids is 1. The molecular formula is C24H31N3O3S. The Kier molecular flexibility index (Phi) is 6.74. The first-order valence-corrected chi connectivity index (χ1v) is 12.5. The number of aryl methyl sites for hydroxylation is 1. The molecule has 0 spiro atoms. The van der Waals surface area contributed by atoms with E-state index in [2.05, 4.69) is 36.1 Å². The number of carbonyl (C=O) groups is 1. The van der Waals surface area contributed by atoms with Gasteiger partial charge in [-0.15, -0.1) is 0 Å². The average molecular weight is 442 g/mol. The minimum atomic E-state index is -3.55. The Balaban J connectivity index is 1.34. The molecule has 31 heavy (non-hydrogen) atoms. The van der Waals surface area contributed by atoms with E-state index in [9.17, 15) is 13.2 Å². The third-order valence-electron chi connectivity index (χ3n) is 6.45. The zero-order valence-electron chi connectivity index (χ0n) is 18.1. The summed E-state index contributed by atoms with van der Waals surface area (Å²) in [7, 11) is -3.55. The van der Waals surface area contributed by atoms with Crippen LogP contribution in [0.5, 0.6) is 0 Å². The van der Waals surface area contributed by atoms with E-state index in [1.165, 1.54) is 15.4 Å². The van der Waals surface area contributed by atoms with Crippen molar-refractivity contribution in [1.82, 2.24) is 14.1 Å². The molecule has 1 atom stereocenters. The van der Waals surface area contributed by atoms with Gasteiger partial charge in [0.25, 0.3) is 0 Å². The average Bonchev–Trinajstić information content (AvgIpc) is 2.81. The molecule has 2 saturated heterocycles. The van der Waals surface area contributed by atoms with Crippen molar-refractivity contribution in [2.75, 3.05) is 39.3 Å². The third-order valence-corrected chi connectivity index (χ3v) is 8.33. The molecule has 0 radical (unpaired) electrons. The Morgan fingerprint density at radius 1 is 0.935 bits per heavy atom. The van der Waals surface area contributed by atoms with Gasteiger partial charge in [-0.25, -0.2) is 8.42 Å². The van der Waals surface area contributed by atoms with Crippen molar-refractivity contribution in [3.63, 3.8) is 0 Å². The van der Waals surface area contributed by atoms with Crippen molar-refractivity contribution in [3.05, 3.63) is 65.7 Å². The summed E-state index contributed by atoms with van der Waals surface area (Å²) in [6.07, 6.45) is 1.47. The van der Waals surface area contributed by atoms with Crippen LogP contribution in [0.1, 0.15) is 24.0 Å². The number of sulfonamides is 1. The van der Waals surface area contributed by atoms with E-state index in [1.807, 2.05) is 4.90 Å². The highest BCUT2D eigenvalue weighted by Crippen LogP contribution is 2.25. The lowest BCUT2D eigenvalue weighted by Gasteiger charge is -2.38. The second-order valence-electron chi connectivity index (χ2n) is 8.54. The van der Waals surface area contributed by atoms with Gasteiger partial charge in [0.05, 0.1) is 10.8 Å². The topological polar surface area (TPSA) is 60.9 Å². The summed E-state index contributed by atoms with van der Waals surface area (Å²) >= 11 is 0. The van der Waals surface area contributed by atoms with E-state index in [0.717, 1.165) is 32.5 Å². The number of rotatable bonds is 5. The first-order chi connectivity index (χ1) is 14.9. The maximum absolute atomic E-state index is 13.2. The van der Waals surface area contributed by atoms with Gasteiger partial charge in [-0.2, -0.15) is 4.31 Å². The minimum absolute atomic E-state index is 0.100. The number of piperazine rings is 1. The van der Waals surface area contributed by atoms with Crippen LogP contribution < -0.4 is 0 Å². The fraction of sp³-hybridized carbons (Fsp3) is 0.458. The number of hydrogen-bond donors (Lipinski definition) is 0. The SMILES string of the molecule is Cc1ccccc1CN1CCN(C(=O)C2CCCN(S(=O)(=O)c3ccccc3)C2)CC1. The van der Waals surface area contributed by atoms with Gasteiger partial charge < -0.3 is 4.90 Å². The van der Waals surface area contributed by atoms with Crippen LogP contribution in [0.3, 0.4) is 0 Å². The van der Waals surface area contributed by atoms with Gasteiger partial charge >= 0.3 is 0 Å². The second kappa shape index (κ2) is 9.51. The highest BCUT2D eigenvalue weighted by Gasteiger charge is 2.35. The van der Waals surface area contributed by atoms with Crippen molar-refractivity contribution in [2.45, 2.75) is 31.2 Å². The number of hydrogen-bond acceptors (Lipinski definition) is 4. The molecule has 0 aliphatic carbocycles. The molecule has 0 N–H and O–H groups in total. The Morgan fingerprint density at radius 2 is 1.61 bits per heavy atom. The summed E-state index contributed by atoms with van der Waals surface area (Å²) in [5, 5.41) is 0. The highest BCUT2D eigenvalue weighted by molar-refractivity contribution is 7.89. The normalized spacial score (nSPS) is 21.2. The van der Waals surface area contributed by atoms with Gasteiger partial charge in [0.1, 0.15) is 0 Å². The van der Waals surface area contributed by atoms with E-state index >= 15 is 0 Å². The van der Waals surface area contributed by atoms with Crippen LogP contribution >= 0.6 is 0 Å². The maximum Gasteiger partial charge on any atom is 0.243 e. The summed E-state index contributed by atoms with van der Waals surface area (Å²) in [4.78, 5) is 17.8. The molecule has 1 unspecified atom stereocenters. The summed E-state index contributed by atoms with van der Waals surface area (Å²) in [5.41, 5.74) is 2.62. The first kappa shape index (κ1) is 22.0. The van der Waals surface area contributed by atoms with Crippen molar-refractivity contribution in [3.8, 4) is 0 Å². The molecule has 0 bridgehead atoms. The molecule has 2 aliphatic heterocycles. The van der Waals surface area contributed by atoms with E-state index < -0.39 is 10.0 Å². The molecule has 7 heteroatoms. The highest BCUT2D eigenvalue weighted by atomic mass is 32.2. The summed E-state index contributed by atoms with van der Waals surface area (Å²) in [5.74, 6) is -0.154. The number of amides is 1. The van der Waals surface area contributed by atoms with Gasteiger partial charge in [0.2, 0.25) is 15.9 Å². The van der Waals surface area contributed by atoms with E-state index in [-0.39, 0.29) is 18.4 Å². The van der Waals surface area contributed by atoms with Gasteiger partial charge in [-0.3, -0.25) is 9.69 Å². The molecule has 0 saturated carbocycles. The molecule has 1 amide bonds. The lowest BCUT2D eigenvalue weighted by Crippen LogP contribution is -2.52. The summed E-state index contributed by atoms with van der Waals surface area (Å²) in [6, 6.07) is 16.9. The zero-order valence-corrected chi connectivity index (χ0v) is 18.9. The first-order valence-electron chi connectivity index (χ1n) is 11.1. The molecule has 2 aliphatic rings. The molecular weight excluding hydrogens is 410 g/mol. The standard InChI is InChI=1S/C24H31N3O3S/c1-20-8-5-6-9-21(20)18-25-14-16-26(17-15-25)24(28)22-10-7-13-27(19-22)31(29,30)23-11-3-2-4-12-23/h2-6,8-9,11-12,22H,7,10,13-19H2,1H3. The smallest absolute Gasteiger partial charge is 0.243 e. The van der Waals surface area contributed by atoms with Crippen molar-refractivity contribution >= 4 is 15.9 Å². The number of benzene rings is 2. The monoisotopic (exact) mass is 441 g/mol. The second-order valence-corrected chi connectivity index (χ2v) is 10.5. The fourth-order valence-electron chi connectivity index (χ4n) is 4.52. The molecule has 2 heterocycles. The van der Waals surface area contributed by atoms with E-state index in [1.54, 1.807) is 30.3 Å². The summed E-state index contributed by atoms with van der Waals surface area (Å²) in [6.45, 7) is 6.89. The molecule has 2 aromatic rings. The Bertz CT molecular complexity index is 1000. The van der Waals surface area contributed by atoms with Crippen LogP contribution in [0, 0.1) is 12.8 Å². The quantitative estimate of drug-likeness (QED) is 0.716. The molecule has 0 aromatic heterocycles. The van der Waals surface area contributed by atoms with Gasteiger partial charge in [0, 0.05) is 45.8 Å². The van der Waals surface area contributed by atoms with Gasteiger partial charge in [0.15, 0.2) is 0 Å². The van der Waals surface area contributed by atoms with Crippen LogP contribution in [0.25, 0.3) is 0 Å². The lowest BCUT2D eigenvalue weighted by atomic mass is 9.97. The Labute approximate surface area is 185 Å². The molecule has 2 aromatic carbocycles. The van der Waals surface area contributed by atoms with Gasteiger partial charge in [-0.1, -0.05) is 42.5 Å². The van der Waals surface area contributed by atoms with Crippen molar-refractivity contribution in [2.24, 2.45) is 5.92 Å². The van der Waals surface area contributed by atoms with E-state index in [4.69, 9.17) is 0 Å². The third kappa shape index (κ3) is 5.00. The van der Waals surface area contributed by atoms with Crippen LogP contribution in [0.4, 0.5) is 0 Å². The lowest BCUT2D eigenvalue weighted by molar-refractivity contribution is -0.138. The van der Waals surface area contributed by atoms with E-state index in [0.29, 0.717) is 24.5 Å². The Hall–Kier alpha value is -2.22. The number of piperidine rings is 1. The van der Waals surface area contributed by atoms with Crippen LogP contribution in [0.15, 0.2) is 59.5 Å². The van der Waals surface area contributed by atoms with Crippen molar-refractivity contribution in [1.29, 1.82) is 0 Å². The van der Waals surface area contributed by atoms with Crippen LogP contribution in [-0.2, 0) is 21.4 Å². The zero-order chi connectivity index (χ0) is 21.8. The molecule has 2 fully saturated rings. The number of nitrogens with zero attached hydrogens (tertiary/aromatic N) is 3. The fourth-order valence-corrected chi connectivity index (χ4v) is 6.06. The Morgan fingerprint density at radius 3 is 2.32 bits per heavy atom. The molecule has 6 nitrogen and oxygen atoms in total. The van der Waals surface area contributed by atoms with Gasteiger partial charge in [-0.05, 0) is 43.0 Å². The maximum atomic E-state index is 13.2.